The van der Waals surface area contributed by atoms with Crippen LogP contribution in [0.1, 0.15) is 27.2 Å². The van der Waals surface area contributed by atoms with E-state index in [4.69, 9.17) is 10.4 Å². The Bertz CT molecular complexity index is 301. The van der Waals surface area contributed by atoms with E-state index < -0.39 is 18.0 Å². The number of carboxylic acid groups (broad SMARTS) is 1. The number of amides is 2. The second-order valence-electron chi connectivity index (χ2n) is 4.64. The van der Waals surface area contributed by atoms with Gasteiger partial charge in [-0.1, -0.05) is 20.8 Å². The average molecular weight is 227 g/mol. The van der Waals surface area contributed by atoms with Crippen molar-refractivity contribution in [3.8, 4) is 6.07 Å². The molecule has 0 fully saturated rings. The zero-order valence-electron chi connectivity index (χ0n) is 9.70. The predicted octanol–water partition coefficient (Wildman–Crippen LogP) is 0.699. The third kappa shape index (κ3) is 6.65. The Morgan fingerprint density at radius 3 is 2.38 bits per heavy atom. The molecular weight excluding hydrogens is 210 g/mol. The highest BCUT2D eigenvalue weighted by atomic mass is 16.4. The predicted molar refractivity (Wildman–Crippen MR) is 57.6 cm³/mol. The first-order chi connectivity index (χ1) is 7.26. The quantitative estimate of drug-likeness (QED) is 0.615. The molecule has 0 aliphatic carbocycles. The third-order valence-electron chi connectivity index (χ3n) is 1.77. The standard InChI is InChI=1S/C10H17N3O3/c1-10(2,3)6-7(13-9(15)16)8(14)12-5-4-11/h7,13H,5-6H2,1-3H3,(H,12,14)(H,15,16). The van der Waals surface area contributed by atoms with Gasteiger partial charge in [-0.25, -0.2) is 4.79 Å². The van der Waals surface area contributed by atoms with Gasteiger partial charge in [0.25, 0.3) is 0 Å². The molecule has 1 atom stereocenters. The fourth-order valence-electron chi connectivity index (χ4n) is 1.22. The number of nitrogens with one attached hydrogen (secondary N) is 2. The molecule has 0 saturated carbocycles. The lowest BCUT2D eigenvalue weighted by Gasteiger charge is -2.24. The van der Waals surface area contributed by atoms with E-state index in [1.807, 2.05) is 20.8 Å². The lowest BCUT2D eigenvalue weighted by molar-refractivity contribution is -0.123. The molecule has 0 radical (unpaired) electrons. The van der Waals surface area contributed by atoms with Gasteiger partial charge >= 0.3 is 6.09 Å². The van der Waals surface area contributed by atoms with Gasteiger partial charge in [0.1, 0.15) is 12.6 Å². The first-order valence-electron chi connectivity index (χ1n) is 4.90. The molecule has 16 heavy (non-hydrogen) atoms. The molecule has 0 rings (SSSR count). The highest BCUT2D eigenvalue weighted by Crippen LogP contribution is 2.20. The van der Waals surface area contributed by atoms with E-state index in [-0.39, 0.29) is 12.0 Å². The minimum absolute atomic E-state index is 0.124. The Kier molecular flexibility index (Phi) is 5.30. The number of nitriles is 1. The van der Waals surface area contributed by atoms with Crippen molar-refractivity contribution >= 4 is 12.0 Å². The van der Waals surface area contributed by atoms with Gasteiger partial charge in [0.2, 0.25) is 5.91 Å². The van der Waals surface area contributed by atoms with Gasteiger partial charge < -0.3 is 15.7 Å². The second-order valence-corrected chi connectivity index (χ2v) is 4.64. The molecule has 90 valence electrons. The molecule has 0 heterocycles. The van der Waals surface area contributed by atoms with Crippen LogP contribution < -0.4 is 10.6 Å². The number of hydrogen-bond acceptors (Lipinski definition) is 3. The maximum absolute atomic E-state index is 11.5. The zero-order chi connectivity index (χ0) is 12.8. The number of carbonyl (C=O) groups excluding carboxylic acids is 1. The first kappa shape index (κ1) is 14.2. The van der Waals surface area contributed by atoms with Crippen LogP contribution in [0.2, 0.25) is 0 Å². The summed E-state index contributed by atoms with van der Waals surface area (Å²) in [6, 6.07) is 0.935. The van der Waals surface area contributed by atoms with Crippen LogP contribution in [0.15, 0.2) is 0 Å². The van der Waals surface area contributed by atoms with Crippen molar-refractivity contribution in [3.05, 3.63) is 0 Å². The van der Waals surface area contributed by atoms with Crippen molar-refractivity contribution in [1.82, 2.24) is 10.6 Å². The molecule has 0 aliphatic heterocycles. The Balaban J connectivity index is 4.48. The van der Waals surface area contributed by atoms with E-state index in [0.717, 1.165) is 0 Å². The maximum atomic E-state index is 11.5. The van der Waals surface area contributed by atoms with Crippen LogP contribution in [0.4, 0.5) is 4.79 Å². The Morgan fingerprint density at radius 2 is 2.00 bits per heavy atom. The summed E-state index contributed by atoms with van der Waals surface area (Å²) in [5.74, 6) is -0.473. The molecule has 0 aromatic heterocycles. The van der Waals surface area contributed by atoms with Crippen molar-refractivity contribution in [2.24, 2.45) is 5.41 Å². The van der Waals surface area contributed by atoms with Gasteiger partial charge in [-0.2, -0.15) is 5.26 Å². The van der Waals surface area contributed by atoms with Crippen LogP contribution in [0.25, 0.3) is 0 Å². The summed E-state index contributed by atoms with van der Waals surface area (Å²) in [7, 11) is 0. The van der Waals surface area contributed by atoms with Crippen LogP contribution in [-0.4, -0.2) is 29.7 Å². The molecular formula is C10H17N3O3. The molecule has 1 unspecified atom stereocenters. The molecule has 6 heteroatoms. The summed E-state index contributed by atoms with van der Waals surface area (Å²) in [4.78, 5) is 22.0. The summed E-state index contributed by atoms with van der Waals surface area (Å²) in [6.07, 6.45) is -0.877. The summed E-state index contributed by atoms with van der Waals surface area (Å²) < 4.78 is 0. The van der Waals surface area contributed by atoms with Crippen LogP contribution in [-0.2, 0) is 4.79 Å². The Hall–Kier alpha value is -1.77. The van der Waals surface area contributed by atoms with Crippen molar-refractivity contribution in [2.45, 2.75) is 33.2 Å². The maximum Gasteiger partial charge on any atom is 0.405 e. The van der Waals surface area contributed by atoms with Gasteiger partial charge in [-0.05, 0) is 11.8 Å². The lowest BCUT2D eigenvalue weighted by atomic mass is 9.88. The highest BCUT2D eigenvalue weighted by Gasteiger charge is 2.25. The summed E-state index contributed by atoms with van der Waals surface area (Å²) >= 11 is 0. The molecule has 2 amide bonds. The monoisotopic (exact) mass is 227 g/mol. The minimum Gasteiger partial charge on any atom is -0.465 e. The SMILES string of the molecule is CC(C)(C)CC(NC(=O)O)C(=O)NCC#N. The van der Waals surface area contributed by atoms with E-state index >= 15 is 0 Å². The van der Waals surface area contributed by atoms with Crippen molar-refractivity contribution in [3.63, 3.8) is 0 Å². The smallest absolute Gasteiger partial charge is 0.405 e. The van der Waals surface area contributed by atoms with E-state index in [9.17, 15) is 9.59 Å². The fourth-order valence-corrected chi connectivity index (χ4v) is 1.22. The summed E-state index contributed by atoms with van der Waals surface area (Å²) in [5.41, 5.74) is -0.183. The summed E-state index contributed by atoms with van der Waals surface area (Å²) in [5, 5.41) is 21.4. The van der Waals surface area contributed by atoms with Gasteiger partial charge in [0, 0.05) is 0 Å². The van der Waals surface area contributed by atoms with E-state index in [2.05, 4.69) is 10.6 Å². The highest BCUT2D eigenvalue weighted by molar-refractivity contribution is 5.85. The molecule has 0 aromatic rings. The fraction of sp³-hybridized carbons (Fsp3) is 0.700. The van der Waals surface area contributed by atoms with Gasteiger partial charge in [0.15, 0.2) is 0 Å². The van der Waals surface area contributed by atoms with Gasteiger partial charge in [-0.3, -0.25) is 4.79 Å². The number of nitrogens with zero attached hydrogens (tertiary/aromatic N) is 1. The van der Waals surface area contributed by atoms with Gasteiger partial charge in [0.05, 0.1) is 6.07 Å². The van der Waals surface area contributed by atoms with Gasteiger partial charge in [-0.15, -0.1) is 0 Å². The van der Waals surface area contributed by atoms with Crippen LogP contribution in [0.5, 0.6) is 0 Å². The summed E-state index contributed by atoms with van der Waals surface area (Å²) in [6.45, 7) is 5.59. The molecule has 0 aliphatic rings. The van der Waals surface area contributed by atoms with Crippen molar-refractivity contribution in [1.29, 1.82) is 5.26 Å². The zero-order valence-corrected chi connectivity index (χ0v) is 9.70. The normalized spacial score (nSPS) is 12.4. The minimum atomic E-state index is -1.25. The largest absolute Gasteiger partial charge is 0.465 e. The van der Waals surface area contributed by atoms with Crippen LogP contribution >= 0.6 is 0 Å². The van der Waals surface area contributed by atoms with Crippen molar-refractivity contribution < 1.29 is 14.7 Å². The molecule has 6 nitrogen and oxygen atoms in total. The molecule has 0 spiro atoms. The second kappa shape index (κ2) is 5.95. The Labute approximate surface area is 94.6 Å². The van der Waals surface area contributed by atoms with E-state index in [0.29, 0.717) is 6.42 Å². The molecule has 0 aromatic carbocycles. The number of hydrogen-bond donors (Lipinski definition) is 3. The first-order valence-corrected chi connectivity index (χ1v) is 4.90. The van der Waals surface area contributed by atoms with E-state index in [1.54, 1.807) is 6.07 Å². The molecule has 0 saturated heterocycles. The molecule has 0 bridgehead atoms. The number of carbonyl (C=O) groups is 2. The average Bonchev–Trinajstić information content (AvgIpc) is 2.10. The topological polar surface area (TPSA) is 102 Å². The van der Waals surface area contributed by atoms with Crippen LogP contribution in [0.3, 0.4) is 0 Å². The van der Waals surface area contributed by atoms with E-state index in [1.165, 1.54) is 0 Å². The van der Waals surface area contributed by atoms with Crippen LogP contribution in [0, 0.1) is 16.7 Å². The Morgan fingerprint density at radius 1 is 1.44 bits per heavy atom. The van der Waals surface area contributed by atoms with Crippen molar-refractivity contribution in [2.75, 3.05) is 6.54 Å². The number of rotatable bonds is 4. The third-order valence-corrected chi connectivity index (χ3v) is 1.77. The molecule has 3 N–H and O–H groups in total. The lowest BCUT2D eigenvalue weighted by Crippen LogP contribution is -2.48.